The smallest absolute Gasteiger partial charge is 0.225 e. The number of aryl methyl sites for hydroxylation is 2. The zero-order valence-corrected chi connectivity index (χ0v) is 21.9. The zero-order valence-electron chi connectivity index (χ0n) is 21.9. The van der Waals surface area contributed by atoms with Crippen LogP contribution in [0.1, 0.15) is 50.0 Å². The third kappa shape index (κ3) is 4.67. The molecule has 0 radical (unpaired) electrons. The molecule has 0 bridgehead atoms. The minimum absolute atomic E-state index is 0.0775. The molecule has 38 heavy (non-hydrogen) atoms. The Morgan fingerprint density at radius 2 is 1.84 bits per heavy atom. The van der Waals surface area contributed by atoms with Crippen LogP contribution in [0, 0.1) is 19.8 Å². The van der Waals surface area contributed by atoms with Gasteiger partial charge in [-0.25, -0.2) is 4.98 Å². The Morgan fingerprint density at radius 3 is 2.58 bits per heavy atom. The number of carbonyl (C=O) groups excluding carboxylic acids is 1. The van der Waals surface area contributed by atoms with E-state index in [0.29, 0.717) is 31.9 Å². The standard InChI is InChI=1S/C29H34N6O3/c1-18-27(19(2)38-33-18)24-4-3-5-25-23(24)13-17-35(25)26-10-14-30-29(32-26)31-21-8-6-20(7-9-21)28(37)34-15-11-22(36)12-16-34/h3-5,10,13-14,17,20-22,36H,6-9,11-12,15-16H2,1-2H3,(H,30,31,32). The number of carbonyl (C=O) groups is 1. The number of anilines is 1. The molecule has 2 aliphatic rings. The molecular weight excluding hydrogens is 480 g/mol. The summed E-state index contributed by atoms with van der Waals surface area (Å²) in [5, 5.41) is 18.5. The monoisotopic (exact) mass is 514 g/mol. The molecular formula is C29H34N6O3. The summed E-state index contributed by atoms with van der Waals surface area (Å²) in [5.41, 5.74) is 4.06. The largest absolute Gasteiger partial charge is 0.393 e. The van der Waals surface area contributed by atoms with Gasteiger partial charge in [-0.1, -0.05) is 17.3 Å². The molecule has 4 heterocycles. The fourth-order valence-electron chi connectivity index (χ4n) is 6.02. The molecule has 0 spiro atoms. The highest BCUT2D eigenvalue weighted by atomic mass is 16.5. The second kappa shape index (κ2) is 10.2. The lowest BCUT2D eigenvalue weighted by Gasteiger charge is -2.35. The van der Waals surface area contributed by atoms with Gasteiger partial charge in [0.05, 0.1) is 17.3 Å². The van der Waals surface area contributed by atoms with Crippen molar-refractivity contribution in [1.82, 2.24) is 24.6 Å². The highest BCUT2D eigenvalue weighted by Crippen LogP contribution is 2.34. The number of likely N-dealkylation sites (tertiary alicyclic amines) is 1. The number of rotatable bonds is 5. The Hall–Kier alpha value is -3.72. The molecule has 1 aliphatic carbocycles. The van der Waals surface area contributed by atoms with Crippen molar-refractivity contribution in [3.8, 4) is 16.9 Å². The van der Waals surface area contributed by atoms with E-state index in [-0.39, 0.29) is 24.0 Å². The molecule has 0 atom stereocenters. The second-order valence-electron chi connectivity index (χ2n) is 10.6. The molecule has 9 heteroatoms. The molecule has 1 aromatic carbocycles. The molecule has 0 unspecified atom stereocenters. The number of aliphatic hydroxyl groups excluding tert-OH is 1. The number of aliphatic hydroxyl groups is 1. The molecule has 1 saturated heterocycles. The number of piperidine rings is 1. The van der Waals surface area contributed by atoms with E-state index in [0.717, 1.165) is 65.0 Å². The van der Waals surface area contributed by atoms with Crippen LogP contribution in [0.15, 0.2) is 47.2 Å². The quantitative estimate of drug-likeness (QED) is 0.399. The van der Waals surface area contributed by atoms with Crippen LogP contribution in [0.25, 0.3) is 27.8 Å². The van der Waals surface area contributed by atoms with E-state index in [2.05, 4.69) is 38.2 Å². The van der Waals surface area contributed by atoms with E-state index < -0.39 is 0 Å². The van der Waals surface area contributed by atoms with Crippen LogP contribution in [0.5, 0.6) is 0 Å². The summed E-state index contributed by atoms with van der Waals surface area (Å²) >= 11 is 0. The number of nitrogens with zero attached hydrogens (tertiary/aromatic N) is 5. The number of benzene rings is 1. The van der Waals surface area contributed by atoms with Gasteiger partial charge in [0.1, 0.15) is 11.6 Å². The van der Waals surface area contributed by atoms with Crippen LogP contribution < -0.4 is 5.32 Å². The van der Waals surface area contributed by atoms with Gasteiger partial charge in [0.2, 0.25) is 11.9 Å². The van der Waals surface area contributed by atoms with E-state index in [1.165, 1.54) is 0 Å². The predicted octanol–water partition coefficient (Wildman–Crippen LogP) is 4.65. The average molecular weight is 515 g/mol. The lowest BCUT2D eigenvalue weighted by molar-refractivity contribution is -0.138. The molecule has 198 valence electrons. The van der Waals surface area contributed by atoms with Crippen LogP contribution in [-0.4, -0.2) is 60.8 Å². The van der Waals surface area contributed by atoms with Crippen LogP contribution in [0.2, 0.25) is 0 Å². The van der Waals surface area contributed by atoms with E-state index in [9.17, 15) is 9.90 Å². The fraction of sp³-hybridized carbons (Fsp3) is 0.448. The maximum Gasteiger partial charge on any atom is 0.225 e. The number of hydrogen-bond acceptors (Lipinski definition) is 7. The van der Waals surface area contributed by atoms with Crippen LogP contribution >= 0.6 is 0 Å². The molecule has 1 saturated carbocycles. The number of nitrogens with one attached hydrogen (secondary N) is 1. The van der Waals surface area contributed by atoms with Gasteiger partial charge < -0.3 is 24.4 Å². The van der Waals surface area contributed by atoms with Gasteiger partial charge in [-0.2, -0.15) is 4.98 Å². The lowest BCUT2D eigenvalue weighted by Crippen LogP contribution is -2.44. The molecule has 2 N–H and O–H groups in total. The predicted molar refractivity (Wildman–Crippen MR) is 145 cm³/mol. The van der Waals surface area contributed by atoms with Crippen LogP contribution in [-0.2, 0) is 4.79 Å². The number of fused-ring (bicyclic) bond motifs is 1. The third-order valence-electron chi connectivity index (χ3n) is 8.11. The topological polar surface area (TPSA) is 109 Å². The highest BCUT2D eigenvalue weighted by molar-refractivity contribution is 5.97. The molecule has 1 amide bonds. The summed E-state index contributed by atoms with van der Waals surface area (Å²) in [6.45, 7) is 5.25. The first-order valence-electron chi connectivity index (χ1n) is 13.6. The Labute approximate surface area is 221 Å². The minimum atomic E-state index is -0.261. The van der Waals surface area contributed by atoms with E-state index in [1.54, 1.807) is 6.20 Å². The van der Waals surface area contributed by atoms with Gasteiger partial charge in [-0.3, -0.25) is 4.79 Å². The Kier molecular flexibility index (Phi) is 6.61. The van der Waals surface area contributed by atoms with Crippen molar-refractivity contribution in [2.75, 3.05) is 18.4 Å². The van der Waals surface area contributed by atoms with Gasteiger partial charge in [-0.05, 0) is 76.1 Å². The average Bonchev–Trinajstić information content (AvgIpc) is 3.52. The summed E-state index contributed by atoms with van der Waals surface area (Å²) in [5.74, 6) is 2.54. The molecule has 6 rings (SSSR count). The fourth-order valence-corrected chi connectivity index (χ4v) is 6.02. The zero-order chi connectivity index (χ0) is 26.2. The van der Waals surface area contributed by atoms with Crippen molar-refractivity contribution in [1.29, 1.82) is 0 Å². The van der Waals surface area contributed by atoms with Crippen molar-refractivity contribution in [3.63, 3.8) is 0 Å². The third-order valence-corrected chi connectivity index (χ3v) is 8.11. The Morgan fingerprint density at radius 1 is 1.05 bits per heavy atom. The van der Waals surface area contributed by atoms with Gasteiger partial charge in [0.15, 0.2) is 0 Å². The summed E-state index contributed by atoms with van der Waals surface area (Å²) in [6.07, 6.45) is 8.49. The van der Waals surface area contributed by atoms with Crippen molar-refractivity contribution < 1.29 is 14.4 Å². The molecule has 2 fully saturated rings. The molecule has 3 aromatic heterocycles. The number of hydrogen-bond donors (Lipinski definition) is 2. The first-order valence-corrected chi connectivity index (χ1v) is 13.6. The van der Waals surface area contributed by atoms with Crippen molar-refractivity contribution in [3.05, 3.63) is 54.2 Å². The molecule has 4 aromatic rings. The summed E-state index contributed by atoms with van der Waals surface area (Å²) < 4.78 is 7.49. The Bertz CT molecular complexity index is 1420. The van der Waals surface area contributed by atoms with Gasteiger partial charge in [0, 0.05) is 48.4 Å². The first kappa shape index (κ1) is 24.6. The highest BCUT2D eigenvalue weighted by Gasteiger charge is 2.31. The van der Waals surface area contributed by atoms with Crippen molar-refractivity contribution in [2.45, 2.75) is 64.5 Å². The minimum Gasteiger partial charge on any atom is -0.393 e. The summed E-state index contributed by atoms with van der Waals surface area (Å²) in [6, 6.07) is 10.5. The SMILES string of the molecule is Cc1noc(C)c1-c1cccc2c1ccn2-c1ccnc(NC2CCC(C(=O)N3CCC(O)CC3)CC2)n1. The van der Waals surface area contributed by atoms with E-state index >= 15 is 0 Å². The van der Waals surface area contributed by atoms with Crippen molar-refractivity contribution in [2.24, 2.45) is 5.92 Å². The van der Waals surface area contributed by atoms with Crippen molar-refractivity contribution >= 4 is 22.8 Å². The van der Waals surface area contributed by atoms with Crippen LogP contribution in [0.3, 0.4) is 0 Å². The summed E-state index contributed by atoms with van der Waals surface area (Å²) in [7, 11) is 0. The first-order chi connectivity index (χ1) is 18.5. The maximum absolute atomic E-state index is 12.9. The summed E-state index contributed by atoms with van der Waals surface area (Å²) in [4.78, 5) is 24.2. The van der Waals surface area contributed by atoms with Gasteiger partial charge >= 0.3 is 0 Å². The van der Waals surface area contributed by atoms with E-state index in [1.807, 2.05) is 37.1 Å². The Balaban J connectivity index is 1.15. The van der Waals surface area contributed by atoms with Gasteiger partial charge in [-0.15, -0.1) is 0 Å². The van der Waals surface area contributed by atoms with E-state index in [4.69, 9.17) is 9.51 Å². The lowest BCUT2D eigenvalue weighted by atomic mass is 9.85. The molecule has 9 nitrogen and oxygen atoms in total. The normalized spacial score (nSPS) is 20.7. The van der Waals surface area contributed by atoms with Crippen LogP contribution in [0.4, 0.5) is 5.95 Å². The maximum atomic E-state index is 12.9. The number of amides is 1. The number of aromatic nitrogens is 4. The second-order valence-corrected chi connectivity index (χ2v) is 10.6. The van der Waals surface area contributed by atoms with Gasteiger partial charge in [0.25, 0.3) is 0 Å². The molecule has 1 aliphatic heterocycles.